The largest absolute Gasteiger partial charge is 0.379 e. The van der Waals surface area contributed by atoms with E-state index in [9.17, 15) is 4.39 Å². The van der Waals surface area contributed by atoms with Crippen LogP contribution in [0.3, 0.4) is 0 Å². The van der Waals surface area contributed by atoms with Gasteiger partial charge >= 0.3 is 0 Å². The fourth-order valence-electron chi connectivity index (χ4n) is 2.07. The molecule has 0 amide bonds. The van der Waals surface area contributed by atoms with E-state index in [4.69, 9.17) is 10.5 Å². The second-order valence-electron chi connectivity index (χ2n) is 4.53. The van der Waals surface area contributed by atoms with E-state index in [1.165, 1.54) is 6.07 Å². The molecule has 1 atom stereocenters. The Hall–Kier alpha value is -0.970. The van der Waals surface area contributed by atoms with Crippen molar-refractivity contribution < 1.29 is 9.13 Å². The van der Waals surface area contributed by atoms with Gasteiger partial charge < -0.3 is 10.5 Å². The molecular formula is C13H19FN2O. The van der Waals surface area contributed by atoms with E-state index in [-0.39, 0.29) is 11.9 Å². The van der Waals surface area contributed by atoms with Crippen molar-refractivity contribution in [2.24, 2.45) is 5.73 Å². The van der Waals surface area contributed by atoms with Gasteiger partial charge in [0.1, 0.15) is 5.82 Å². The minimum Gasteiger partial charge on any atom is -0.379 e. The maximum atomic E-state index is 13.2. The smallest absolute Gasteiger partial charge is 0.126 e. The van der Waals surface area contributed by atoms with Crippen LogP contribution in [0, 0.1) is 12.7 Å². The number of nitrogens with zero attached hydrogens (tertiary/aromatic N) is 1. The van der Waals surface area contributed by atoms with Gasteiger partial charge in [-0.05, 0) is 24.1 Å². The Labute approximate surface area is 101 Å². The highest BCUT2D eigenvalue weighted by Crippen LogP contribution is 2.16. The van der Waals surface area contributed by atoms with Crippen LogP contribution >= 0.6 is 0 Å². The Morgan fingerprint density at radius 3 is 2.76 bits per heavy atom. The Morgan fingerprint density at radius 2 is 2.12 bits per heavy atom. The highest BCUT2D eigenvalue weighted by molar-refractivity contribution is 5.26. The topological polar surface area (TPSA) is 38.5 Å². The van der Waals surface area contributed by atoms with Crippen LogP contribution < -0.4 is 5.73 Å². The van der Waals surface area contributed by atoms with Crippen LogP contribution in [0.5, 0.6) is 0 Å². The van der Waals surface area contributed by atoms with Crippen LogP contribution in [-0.2, 0) is 4.74 Å². The molecule has 1 fully saturated rings. The van der Waals surface area contributed by atoms with E-state index in [2.05, 4.69) is 4.90 Å². The lowest BCUT2D eigenvalue weighted by Crippen LogP contribution is -2.40. The fourth-order valence-corrected chi connectivity index (χ4v) is 2.07. The highest BCUT2D eigenvalue weighted by Gasteiger charge is 2.15. The Kier molecular flexibility index (Phi) is 4.10. The summed E-state index contributed by atoms with van der Waals surface area (Å²) in [6, 6.07) is 5.03. The molecule has 1 aromatic carbocycles. The third-order valence-corrected chi connectivity index (χ3v) is 3.17. The molecule has 0 saturated carbocycles. The molecule has 1 aliphatic rings. The minimum absolute atomic E-state index is 0.0626. The number of benzene rings is 1. The van der Waals surface area contributed by atoms with Crippen molar-refractivity contribution in [2.45, 2.75) is 13.0 Å². The van der Waals surface area contributed by atoms with Crippen molar-refractivity contribution in [1.82, 2.24) is 4.90 Å². The quantitative estimate of drug-likeness (QED) is 0.866. The molecule has 1 heterocycles. The predicted octanol–water partition coefficient (Wildman–Crippen LogP) is 1.47. The van der Waals surface area contributed by atoms with E-state index in [0.717, 1.165) is 38.4 Å². The zero-order chi connectivity index (χ0) is 12.3. The molecule has 0 aromatic heterocycles. The number of hydrogen-bond donors (Lipinski definition) is 1. The number of hydrogen-bond acceptors (Lipinski definition) is 3. The van der Waals surface area contributed by atoms with Crippen molar-refractivity contribution in [3.63, 3.8) is 0 Å². The van der Waals surface area contributed by atoms with Crippen molar-refractivity contribution in [2.75, 3.05) is 32.8 Å². The van der Waals surface area contributed by atoms with Crippen LogP contribution in [0.1, 0.15) is 17.2 Å². The second kappa shape index (κ2) is 5.58. The molecule has 2 N–H and O–H groups in total. The lowest BCUT2D eigenvalue weighted by atomic mass is 10.0. The van der Waals surface area contributed by atoms with E-state index in [1.54, 1.807) is 13.0 Å². The average Bonchev–Trinajstić information content (AvgIpc) is 2.34. The molecule has 0 aliphatic carbocycles. The van der Waals surface area contributed by atoms with Crippen molar-refractivity contribution in [1.29, 1.82) is 0 Å². The summed E-state index contributed by atoms with van der Waals surface area (Å²) in [6.45, 7) is 5.96. The maximum Gasteiger partial charge on any atom is 0.126 e. The third kappa shape index (κ3) is 3.25. The lowest BCUT2D eigenvalue weighted by molar-refractivity contribution is 0.0352. The molecule has 17 heavy (non-hydrogen) atoms. The fraction of sp³-hybridized carbons (Fsp3) is 0.538. The molecule has 1 aliphatic heterocycles. The summed E-state index contributed by atoms with van der Waals surface area (Å²) in [5.74, 6) is -0.174. The highest BCUT2D eigenvalue weighted by atomic mass is 19.1. The molecule has 0 spiro atoms. The Balaban J connectivity index is 1.98. The van der Waals surface area contributed by atoms with Crippen LogP contribution in [-0.4, -0.2) is 37.7 Å². The van der Waals surface area contributed by atoms with E-state index < -0.39 is 0 Å². The van der Waals surface area contributed by atoms with E-state index >= 15 is 0 Å². The van der Waals surface area contributed by atoms with Gasteiger partial charge in [-0.2, -0.15) is 0 Å². The number of aryl methyl sites for hydroxylation is 1. The number of morpholine rings is 1. The average molecular weight is 238 g/mol. The zero-order valence-corrected chi connectivity index (χ0v) is 10.2. The van der Waals surface area contributed by atoms with Crippen LogP contribution in [0.15, 0.2) is 18.2 Å². The molecular weight excluding hydrogens is 219 g/mol. The first kappa shape index (κ1) is 12.5. The van der Waals surface area contributed by atoms with Gasteiger partial charge in [0, 0.05) is 25.7 Å². The summed E-state index contributed by atoms with van der Waals surface area (Å²) < 4.78 is 18.4. The first-order chi connectivity index (χ1) is 8.16. The first-order valence-corrected chi connectivity index (χ1v) is 5.98. The minimum atomic E-state index is -0.174. The molecule has 1 aromatic rings. The molecule has 94 valence electrons. The SMILES string of the molecule is Cc1cc(C(N)CN2CCOCC2)ccc1F. The lowest BCUT2D eigenvalue weighted by Gasteiger charge is -2.29. The molecule has 4 heteroatoms. The van der Waals surface area contributed by atoms with Gasteiger partial charge in [0.15, 0.2) is 0 Å². The predicted molar refractivity (Wildman–Crippen MR) is 65.3 cm³/mol. The monoisotopic (exact) mass is 238 g/mol. The number of rotatable bonds is 3. The van der Waals surface area contributed by atoms with Crippen molar-refractivity contribution in [3.05, 3.63) is 35.1 Å². The summed E-state index contributed by atoms with van der Waals surface area (Å²) in [4.78, 5) is 2.28. The number of nitrogens with two attached hydrogens (primary N) is 1. The molecule has 3 nitrogen and oxygen atoms in total. The standard InChI is InChI=1S/C13H19FN2O/c1-10-8-11(2-3-12(10)14)13(15)9-16-4-6-17-7-5-16/h2-3,8,13H,4-7,9,15H2,1H3. The van der Waals surface area contributed by atoms with Crippen LogP contribution in [0.25, 0.3) is 0 Å². The number of ether oxygens (including phenoxy) is 1. The van der Waals surface area contributed by atoms with Crippen LogP contribution in [0.4, 0.5) is 4.39 Å². The van der Waals surface area contributed by atoms with Gasteiger partial charge in [-0.3, -0.25) is 4.90 Å². The van der Waals surface area contributed by atoms with E-state index in [1.807, 2.05) is 6.07 Å². The summed E-state index contributed by atoms with van der Waals surface area (Å²) in [5, 5.41) is 0. The normalized spacial score (nSPS) is 19.2. The van der Waals surface area contributed by atoms with Gasteiger partial charge in [-0.15, -0.1) is 0 Å². The van der Waals surface area contributed by atoms with Crippen molar-refractivity contribution in [3.8, 4) is 0 Å². The summed E-state index contributed by atoms with van der Waals surface area (Å²) in [6.07, 6.45) is 0. The van der Waals surface area contributed by atoms with E-state index in [0.29, 0.717) is 5.56 Å². The van der Waals surface area contributed by atoms with Gasteiger partial charge in [0.05, 0.1) is 13.2 Å². The summed E-state index contributed by atoms with van der Waals surface area (Å²) >= 11 is 0. The van der Waals surface area contributed by atoms with Gasteiger partial charge in [-0.1, -0.05) is 12.1 Å². The third-order valence-electron chi connectivity index (χ3n) is 3.17. The van der Waals surface area contributed by atoms with Gasteiger partial charge in [0.25, 0.3) is 0 Å². The summed E-state index contributed by atoms with van der Waals surface area (Å²) in [5.41, 5.74) is 7.79. The molecule has 0 radical (unpaired) electrons. The van der Waals surface area contributed by atoms with Gasteiger partial charge in [-0.25, -0.2) is 4.39 Å². The molecule has 1 saturated heterocycles. The Bertz CT molecular complexity index is 378. The molecule has 1 unspecified atom stereocenters. The maximum absolute atomic E-state index is 13.2. The Morgan fingerprint density at radius 1 is 1.41 bits per heavy atom. The number of halogens is 1. The zero-order valence-electron chi connectivity index (χ0n) is 10.2. The molecule has 0 bridgehead atoms. The molecule has 2 rings (SSSR count). The van der Waals surface area contributed by atoms with Crippen molar-refractivity contribution >= 4 is 0 Å². The second-order valence-corrected chi connectivity index (χ2v) is 4.53. The first-order valence-electron chi connectivity index (χ1n) is 5.98. The summed E-state index contributed by atoms with van der Waals surface area (Å²) in [7, 11) is 0. The van der Waals surface area contributed by atoms with Gasteiger partial charge in [0.2, 0.25) is 0 Å². The van der Waals surface area contributed by atoms with Crippen LogP contribution in [0.2, 0.25) is 0 Å².